The zero-order valence-corrected chi connectivity index (χ0v) is 12.2. The number of ether oxygens (including phenoxy) is 1. The molecule has 0 amide bonds. The minimum atomic E-state index is -1.01. The van der Waals surface area contributed by atoms with Crippen LogP contribution in [0.25, 0.3) is 0 Å². The van der Waals surface area contributed by atoms with Crippen LogP contribution in [0.2, 0.25) is 0 Å². The summed E-state index contributed by atoms with van der Waals surface area (Å²) >= 11 is 0. The second-order valence-corrected chi connectivity index (χ2v) is 5.48. The summed E-state index contributed by atoms with van der Waals surface area (Å²) in [6.07, 6.45) is 2.54. The third-order valence-electron chi connectivity index (χ3n) is 3.84. The lowest BCUT2D eigenvalue weighted by Crippen LogP contribution is -2.19. The van der Waals surface area contributed by atoms with Gasteiger partial charge < -0.3 is 15.2 Å². The normalized spacial score (nSPS) is 17.5. The smallest absolute Gasteiger partial charge is 0.358 e. The van der Waals surface area contributed by atoms with Crippen molar-refractivity contribution in [2.45, 2.75) is 19.6 Å². The Hall–Kier alpha value is -2.34. The second kappa shape index (κ2) is 6.62. The number of nitrogens with zero attached hydrogens (tertiary/aromatic N) is 2. The van der Waals surface area contributed by atoms with Gasteiger partial charge in [0.2, 0.25) is 0 Å². The Morgan fingerprint density at radius 3 is 2.91 bits per heavy atom. The van der Waals surface area contributed by atoms with Crippen molar-refractivity contribution in [3.05, 3.63) is 47.8 Å². The maximum Gasteiger partial charge on any atom is 0.358 e. The number of aromatic carboxylic acids is 1. The van der Waals surface area contributed by atoms with E-state index in [0.717, 1.165) is 25.1 Å². The molecule has 1 aliphatic heterocycles. The van der Waals surface area contributed by atoms with E-state index in [1.54, 1.807) is 4.68 Å². The summed E-state index contributed by atoms with van der Waals surface area (Å²) in [4.78, 5) is 11.5. The standard InChI is InChI=1S/C16H19N3O3/c20-16(21)15-14(22-11-12-4-2-1-3-5-12)9-18-19(15)10-13-6-7-17-8-13/h1-5,9,13,17H,6-8,10-11H2,(H,20,21). The highest BCUT2D eigenvalue weighted by Gasteiger charge is 2.23. The Labute approximate surface area is 128 Å². The zero-order chi connectivity index (χ0) is 15.4. The number of rotatable bonds is 6. The first-order valence-electron chi connectivity index (χ1n) is 7.40. The van der Waals surface area contributed by atoms with Crippen LogP contribution in [0.5, 0.6) is 5.75 Å². The Kier molecular flexibility index (Phi) is 4.39. The van der Waals surface area contributed by atoms with Crippen molar-refractivity contribution in [1.29, 1.82) is 0 Å². The predicted octanol–water partition coefficient (Wildman–Crippen LogP) is 1.77. The summed E-state index contributed by atoms with van der Waals surface area (Å²) < 4.78 is 7.19. The summed E-state index contributed by atoms with van der Waals surface area (Å²) in [5, 5.41) is 16.9. The molecule has 2 heterocycles. The van der Waals surface area contributed by atoms with Gasteiger partial charge in [0.25, 0.3) is 0 Å². The topological polar surface area (TPSA) is 76.4 Å². The second-order valence-electron chi connectivity index (χ2n) is 5.48. The third kappa shape index (κ3) is 3.28. The molecule has 116 valence electrons. The van der Waals surface area contributed by atoms with Gasteiger partial charge in [-0.3, -0.25) is 4.68 Å². The van der Waals surface area contributed by atoms with Crippen LogP contribution in [-0.4, -0.2) is 33.9 Å². The number of carbonyl (C=O) groups is 1. The SMILES string of the molecule is O=C(O)c1c(OCc2ccccc2)cnn1CC1CCNC1. The minimum Gasteiger partial charge on any atom is -0.485 e. The van der Waals surface area contributed by atoms with E-state index < -0.39 is 5.97 Å². The van der Waals surface area contributed by atoms with E-state index in [9.17, 15) is 9.90 Å². The molecule has 0 bridgehead atoms. The molecule has 1 atom stereocenters. The molecule has 3 rings (SSSR count). The molecule has 0 saturated carbocycles. The largest absolute Gasteiger partial charge is 0.485 e. The maximum absolute atomic E-state index is 11.5. The van der Waals surface area contributed by atoms with E-state index in [2.05, 4.69) is 10.4 Å². The van der Waals surface area contributed by atoms with E-state index >= 15 is 0 Å². The fraction of sp³-hybridized carbons (Fsp3) is 0.375. The summed E-state index contributed by atoms with van der Waals surface area (Å²) in [5.74, 6) is -0.270. The Bertz CT molecular complexity index is 633. The molecule has 0 spiro atoms. The molecule has 1 aromatic carbocycles. The van der Waals surface area contributed by atoms with E-state index in [1.807, 2.05) is 30.3 Å². The molecule has 1 unspecified atom stereocenters. The maximum atomic E-state index is 11.5. The Morgan fingerprint density at radius 2 is 2.23 bits per heavy atom. The van der Waals surface area contributed by atoms with Crippen LogP contribution in [0.3, 0.4) is 0 Å². The van der Waals surface area contributed by atoms with Crippen molar-refractivity contribution in [2.75, 3.05) is 13.1 Å². The number of hydrogen-bond acceptors (Lipinski definition) is 4. The molecule has 2 N–H and O–H groups in total. The van der Waals surface area contributed by atoms with E-state index in [4.69, 9.17) is 4.74 Å². The Balaban J connectivity index is 1.73. The average molecular weight is 301 g/mol. The van der Waals surface area contributed by atoms with Crippen LogP contribution in [-0.2, 0) is 13.2 Å². The molecule has 6 nitrogen and oxygen atoms in total. The summed E-state index contributed by atoms with van der Waals surface area (Å²) in [5.41, 5.74) is 1.12. The summed E-state index contributed by atoms with van der Waals surface area (Å²) in [7, 11) is 0. The van der Waals surface area contributed by atoms with Gasteiger partial charge in [-0.2, -0.15) is 5.10 Å². The molecule has 1 saturated heterocycles. The van der Waals surface area contributed by atoms with Gasteiger partial charge in [0.1, 0.15) is 6.61 Å². The van der Waals surface area contributed by atoms with Gasteiger partial charge in [-0.25, -0.2) is 4.79 Å². The van der Waals surface area contributed by atoms with Crippen molar-refractivity contribution in [2.24, 2.45) is 5.92 Å². The van der Waals surface area contributed by atoms with Crippen LogP contribution < -0.4 is 10.1 Å². The summed E-state index contributed by atoms with van der Waals surface area (Å²) in [6.45, 7) is 2.81. The van der Waals surface area contributed by atoms with Gasteiger partial charge in [-0.1, -0.05) is 30.3 Å². The highest BCUT2D eigenvalue weighted by molar-refractivity contribution is 5.88. The molecular formula is C16H19N3O3. The quantitative estimate of drug-likeness (QED) is 0.850. The van der Waals surface area contributed by atoms with Gasteiger partial charge in [-0.05, 0) is 31.0 Å². The van der Waals surface area contributed by atoms with Gasteiger partial charge in [0.15, 0.2) is 11.4 Å². The van der Waals surface area contributed by atoms with E-state index in [-0.39, 0.29) is 5.69 Å². The highest BCUT2D eigenvalue weighted by Crippen LogP contribution is 2.21. The van der Waals surface area contributed by atoms with E-state index in [1.165, 1.54) is 6.20 Å². The van der Waals surface area contributed by atoms with Crippen molar-refractivity contribution in [1.82, 2.24) is 15.1 Å². The molecule has 22 heavy (non-hydrogen) atoms. The molecule has 2 aromatic rings. The molecule has 1 fully saturated rings. The lowest BCUT2D eigenvalue weighted by molar-refractivity contribution is 0.0676. The lowest BCUT2D eigenvalue weighted by atomic mass is 10.1. The van der Waals surface area contributed by atoms with Gasteiger partial charge in [0.05, 0.1) is 6.20 Å². The van der Waals surface area contributed by atoms with Gasteiger partial charge in [0, 0.05) is 6.54 Å². The Morgan fingerprint density at radius 1 is 1.41 bits per heavy atom. The molecule has 6 heteroatoms. The van der Waals surface area contributed by atoms with Gasteiger partial charge in [-0.15, -0.1) is 0 Å². The summed E-state index contributed by atoms with van der Waals surface area (Å²) in [6, 6.07) is 9.66. The fourth-order valence-electron chi connectivity index (χ4n) is 2.68. The molecular weight excluding hydrogens is 282 g/mol. The van der Waals surface area contributed by atoms with Crippen molar-refractivity contribution in [3.63, 3.8) is 0 Å². The number of nitrogens with one attached hydrogen (secondary N) is 1. The zero-order valence-electron chi connectivity index (χ0n) is 12.2. The van der Waals surface area contributed by atoms with Crippen molar-refractivity contribution in [3.8, 4) is 5.75 Å². The predicted molar refractivity (Wildman–Crippen MR) is 80.9 cm³/mol. The average Bonchev–Trinajstić information content (AvgIpc) is 3.16. The molecule has 1 aliphatic rings. The monoisotopic (exact) mass is 301 g/mol. The van der Waals surface area contributed by atoms with Crippen LogP contribution in [0.1, 0.15) is 22.5 Å². The molecule has 1 aromatic heterocycles. The highest BCUT2D eigenvalue weighted by atomic mass is 16.5. The van der Waals surface area contributed by atoms with Crippen molar-refractivity contribution < 1.29 is 14.6 Å². The molecule has 0 aliphatic carbocycles. The lowest BCUT2D eigenvalue weighted by Gasteiger charge is -2.11. The number of carboxylic acids is 1. The first-order chi connectivity index (χ1) is 10.7. The van der Waals surface area contributed by atoms with Crippen molar-refractivity contribution >= 4 is 5.97 Å². The first kappa shape index (κ1) is 14.6. The number of carboxylic acid groups (broad SMARTS) is 1. The van der Waals surface area contributed by atoms with Crippen LogP contribution >= 0.6 is 0 Å². The number of hydrogen-bond donors (Lipinski definition) is 2. The fourth-order valence-corrected chi connectivity index (χ4v) is 2.68. The van der Waals surface area contributed by atoms with Crippen LogP contribution in [0.15, 0.2) is 36.5 Å². The van der Waals surface area contributed by atoms with Crippen LogP contribution in [0.4, 0.5) is 0 Å². The number of benzene rings is 1. The number of aromatic nitrogens is 2. The third-order valence-corrected chi connectivity index (χ3v) is 3.84. The molecule has 0 radical (unpaired) electrons. The van der Waals surface area contributed by atoms with Crippen LogP contribution in [0, 0.1) is 5.92 Å². The van der Waals surface area contributed by atoms with Gasteiger partial charge >= 0.3 is 5.97 Å². The minimum absolute atomic E-state index is 0.128. The first-order valence-corrected chi connectivity index (χ1v) is 7.40. The van der Waals surface area contributed by atoms with E-state index in [0.29, 0.717) is 24.8 Å².